The van der Waals surface area contributed by atoms with E-state index in [1.54, 1.807) is 0 Å². The van der Waals surface area contributed by atoms with Crippen molar-refractivity contribution < 1.29 is 0 Å². The van der Waals surface area contributed by atoms with Crippen LogP contribution >= 0.6 is 0 Å². The summed E-state index contributed by atoms with van der Waals surface area (Å²) in [6, 6.07) is 11.0. The summed E-state index contributed by atoms with van der Waals surface area (Å²) in [5.74, 6) is 0. The number of aromatic nitrogens is 1. The monoisotopic (exact) mass is 255 g/mol. The Morgan fingerprint density at radius 1 is 1.05 bits per heavy atom. The lowest BCUT2D eigenvalue weighted by Crippen LogP contribution is -2.12. The van der Waals surface area contributed by atoms with Gasteiger partial charge in [0.15, 0.2) is 0 Å². The van der Waals surface area contributed by atoms with E-state index in [0.29, 0.717) is 6.04 Å². The van der Waals surface area contributed by atoms with Gasteiger partial charge in [0.2, 0.25) is 0 Å². The number of nitrogens with zero attached hydrogens (tertiary/aromatic N) is 2. The summed E-state index contributed by atoms with van der Waals surface area (Å²) in [5, 5.41) is 3.24. The second-order valence-electron chi connectivity index (χ2n) is 4.96. The molecule has 1 unspecified atom stereocenters. The van der Waals surface area contributed by atoms with Gasteiger partial charge in [-0.3, -0.25) is 4.98 Å². The SMILES string of the molecule is CNC(C)c1cncc(-c2ccc(N(C)C)cc2)c1. The third-order valence-corrected chi connectivity index (χ3v) is 3.41. The highest BCUT2D eigenvalue weighted by molar-refractivity contribution is 5.66. The van der Waals surface area contributed by atoms with Gasteiger partial charge in [0.05, 0.1) is 0 Å². The maximum Gasteiger partial charge on any atom is 0.0361 e. The van der Waals surface area contributed by atoms with Gasteiger partial charge in [-0.2, -0.15) is 0 Å². The molecule has 3 nitrogen and oxygen atoms in total. The van der Waals surface area contributed by atoms with Crippen LogP contribution < -0.4 is 10.2 Å². The lowest BCUT2D eigenvalue weighted by Gasteiger charge is -2.14. The number of pyridine rings is 1. The molecule has 0 spiro atoms. The van der Waals surface area contributed by atoms with Crippen LogP contribution in [0, 0.1) is 0 Å². The van der Waals surface area contributed by atoms with Crippen LogP contribution in [0.1, 0.15) is 18.5 Å². The fraction of sp³-hybridized carbons (Fsp3) is 0.312. The van der Waals surface area contributed by atoms with Crippen LogP contribution in [0.25, 0.3) is 11.1 Å². The van der Waals surface area contributed by atoms with Crippen molar-refractivity contribution in [3.05, 3.63) is 48.3 Å². The molecule has 0 saturated carbocycles. The number of nitrogens with one attached hydrogen (secondary N) is 1. The molecule has 0 aliphatic rings. The van der Waals surface area contributed by atoms with Gasteiger partial charge in [-0.05, 0) is 43.3 Å². The Labute approximate surface area is 115 Å². The van der Waals surface area contributed by atoms with Crippen LogP contribution in [0.2, 0.25) is 0 Å². The summed E-state index contributed by atoms with van der Waals surface area (Å²) in [4.78, 5) is 6.44. The molecule has 2 aromatic rings. The maximum absolute atomic E-state index is 4.34. The van der Waals surface area contributed by atoms with E-state index in [-0.39, 0.29) is 0 Å². The highest BCUT2D eigenvalue weighted by Crippen LogP contribution is 2.24. The molecule has 1 N–H and O–H groups in total. The smallest absolute Gasteiger partial charge is 0.0361 e. The Morgan fingerprint density at radius 2 is 1.74 bits per heavy atom. The Morgan fingerprint density at radius 3 is 2.32 bits per heavy atom. The number of rotatable bonds is 4. The standard InChI is InChI=1S/C16H21N3/c1-12(17-2)14-9-15(11-18-10-14)13-5-7-16(8-6-13)19(3)4/h5-12,17H,1-4H3. The molecule has 1 aromatic carbocycles. The Bertz CT molecular complexity index is 532. The Hall–Kier alpha value is -1.87. The molecule has 0 amide bonds. The first-order chi connectivity index (χ1) is 9.11. The quantitative estimate of drug-likeness (QED) is 0.910. The fourth-order valence-electron chi connectivity index (χ4n) is 1.97. The summed E-state index contributed by atoms with van der Waals surface area (Å²) in [7, 11) is 6.06. The molecular formula is C16H21N3. The predicted octanol–water partition coefficient (Wildman–Crippen LogP) is 3.10. The first kappa shape index (κ1) is 13.6. The van der Waals surface area contributed by atoms with Crippen molar-refractivity contribution >= 4 is 5.69 Å². The van der Waals surface area contributed by atoms with Gasteiger partial charge in [0, 0.05) is 43.8 Å². The molecule has 3 heteroatoms. The van der Waals surface area contributed by atoms with Crippen LogP contribution in [-0.2, 0) is 0 Å². The highest BCUT2D eigenvalue weighted by atomic mass is 15.1. The van der Waals surface area contributed by atoms with Crippen molar-refractivity contribution in [2.45, 2.75) is 13.0 Å². The van der Waals surface area contributed by atoms with Crippen molar-refractivity contribution in [3.63, 3.8) is 0 Å². The zero-order valence-electron chi connectivity index (χ0n) is 12.0. The van der Waals surface area contributed by atoms with Crippen LogP contribution in [0.4, 0.5) is 5.69 Å². The van der Waals surface area contributed by atoms with Gasteiger partial charge in [0.1, 0.15) is 0 Å². The largest absolute Gasteiger partial charge is 0.378 e. The van der Waals surface area contributed by atoms with Crippen LogP contribution in [0.3, 0.4) is 0 Å². The molecule has 0 saturated heterocycles. The van der Waals surface area contributed by atoms with Gasteiger partial charge in [-0.1, -0.05) is 12.1 Å². The van der Waals surface area contributed by atoms with Crippen molar-refractivity contribution in [2.75, 3.05) is 26.0 Å². The molecule has 2 rings (SSSR count). The fourth-order valence-corrected chi connectivity index (χ4v) is 1.97. The van der Waals surface area contributed by atoms with Crippen molar-refractivity contribution in [2.24, 2.45) is 0 Å². The minimum atomic E-state index is 0.313. The average molecular weight is 255 g/mol. The van der Waals surface area contributed by atoms with E-state index < -0.39 is 0 Å². The Balaban J connectivity index is 2.31. The van der Waals surface area contributed by atoms with Gasteiger partial charge in [0.25, 0.3) is 0 Å². The normalized spacial score (nSPS) is 12.2. The molecule has 0 radical (unpaired) electrons. The first-order valence-corrected chi connectivity index (χ1v) is 6.52. The molecule has 1 heterocycles. The zero-order chi connectivity index (χ0) is 13.8. The van der Waals surface area contributed by atoms with E-state index in [1.807, 2.05) is 33.5 Å². The minimum absolute atomic E-state index is 0.313. The lowest BCUT2D eigenvalue weighted by molar-refractivity contribution is 0.650. The summed E-state index contributed by atoms with van der Waals surface area (Å²) in [5.41, 5.74) is 4.77. The number of hydrogen-bond acceptors (Lipinski definition) is 3. The zero-order valence-corrected chi connectivity index (χ0v) is 12.0. The second kappa shape index (κ2) is 5.85. The van der Waals surface area contributed by atoms with Crippen molar-refractivity contribution in [1.82, 2.24) is 10.3 Å². The van der Waals surface area contributed by atoms with E-state index in [4.69, 9.17) is 0 Å². The van der Waals surface area contributed by atoms with Gasteiger partial charge < -0.3 is 10.2 Å². The number of anilines is 1. The van der Waals surface area contributed by atoms with E-state index >= 15 is 0 Å². The molecule has 100 valence electrons. The average Bonchev–Trinajstić information content (AvgIpc) is 2.46. The molecule has 19 heavy (non-hydrogen) atoms. The Kier molecular flexibility index (Phi) is 4.17. The lowest BCUT2D eigenvalue weighted by atomic mass is 10.0. The summed E-state index contributed by atoms with van der Waals surface area (Å²) in [6.07, 6.45) is 3.83. The molecular weight excluding hydrogens is 234 g/mol. The molecule has 0 aliphatic carbocycles. The summed E-state index contributed by atoms with van der Waals surface area (Å²) >= 11 is 0. The van der Waals surface area contributed by atoms with E-state index in [0.717, 1.165) is 5.56 Å². The number of benzene rings is 1. The van der Waals surface area contributed by atoms with Crippen molar-refractivity contribution in [1.29, 1.82) is 0 Å². The van der Waals surface area contributed by atoms with Crippen molar-refractivity contribution in [3.8, 4) is 11.1 Å². The third-order valence-electron chi connectivity index (χ3n) is 3.41. The van der Waals surface area contributed by atoms with Gasteiger partial charge >= 0.3 is 0 Å². The number of hydrogen-bond donors (Lipinski definition) is 1. The second-order valence-corrected chi connectivity index (χ2v) is 4.96. The summed E-state index contributed by atoms with van der Waals surface area (Å²) < 4.78 is 0. The molecule has 1 atom stereocenters. The first-order valence-electron chi connectivity index (χ1n) is 6.52. The maximum atomic E-state index is 4.34. The van der Waals surface area contributed by atoms with Crippen LogP contribution in [0.5, 0.6) is 0 Å². The molecule has 0 aliphatic heterocycles. The third kappa shape index (κ3) is 3.12. The topological polar surface area (TPSA) is 28.2 Å². The summed E-state index contributed by atoms with van der Waals surface area (Å²) in [6.45, 7) is 2.13. The minimum Gasteiger partial charge on any atom is -0.378 e. The van der Waals surface area contributed by atoms with E-state index in [9.17, 15) is 0 Å². The predicted molar refractivity (Wildman–Crippen MR) is 81.5 cm³/mol. The van der Waals surface area contributed by atoms with E-state index in [1.165, 1.54) is 16.8 Å². The molecule has 1 aromatic heterocycles. The van der Waals surface area contributed by atoms with Gasteiger partial charge in [-0.25, -0.2) is 0 Å². The van der Waals surface area contributed by atoms with Crippen LogP contribution in [0.15, 0.2) is 42.7 Å². The molecule has 0 bridgehead atoms. The van der Waals surface area contributed by atoms with E-state index in [2.05, 4.69) is 52.5 Å². The molecule has 0 fully saturated rings. The van der Waals surface area contributed by atoms with Gasteiger partial charge in [-0.15, -0.1) is 0 Å². The highest BCUT2D eigenvalue weighted by Gasteiger charge is 2.05. The van der Waals surface area contributed by atoms with Crippen LogP contribution in [-0.4, -0.2) is 26.1 Å².